The monoisotopic (exact) mass is 280 g/mol. The fourth-order valence-electron chi connectivity index (χ4n) is 2.52. The molecule has 0 aliphatic heterocycles. The van der Waals surface area contributed by atoms with Crippen LogP contribution >= 0.6 is 0 Å². The summed E-state index contributed by atoms with van der Waals surface area (Å²) in [5.41, 5.74) is 0. The fraction of sp³-hybridized carbons (Fsp3) is 0.667. The first kappa shape index (κ1) is 14.9. The molecule has 0 aromatic carbocycles. The van der Waals surface area contributed by atoms with Crippen molar-refractivity contribution in [3.63, 3.8) is 0 Å². The number of urea groups is 1. The Morgan fingerprint density at radius 3 is 2.75 bits per heavy atom. The molecule has 1 aromatic rings. The molecule has 1 aliphatic rings. The molecule has 1 aliphatic carbocycles. The van der Waals surface area contributed by atoms with E-state index >= 15 is 0 Å². The third-order valence-corrected chi connectivity index (χ3v) is 4.04. The lowest BCUT2D eigenvalue weighted by Crippen LogP contribution is -2.48. The van der Waals surface area contributed by atoms with Gasteiger partial charge >= 0.3 is 6.03 Å². The van der Waals surface area contributed by atoms with Gasteiger partial charge in [-0.05, 0) is 44.7 Å². The lowest BCUT2D eigenvalue weighted by atomic mass is 9.80. The van der Waals surface area contributed by atoms with Crippen molar-refractivity contribution in [2.75, 3.05) is 0 Å². The molecule has 0 radical (unpaired) electrons. The number of aliphatic hydroxyl groups is 1. The van der Waals surface area contributed by atoms with Crippen molar-refractivity contribution < 1.29 is 14.3 Å². The molecule has 0 spiro atoms. The summed E-state index contributed by atoms with van der Waals surface area (Å²) in [5, 5.41) is 15.8. The van der Waals surface area contributed by atoms with Gasteiger partial charge in [-0.15, -0.1) is 0 Å². The molecule has 1 aromatic heterocycles. The van der Waals surface area contributed by atoms with Crippen molar-refractivity contribution in [2.24, 2.45) is 5.92 Å². The molecule has 1 saturated carbocycles. The topological polar surface area (TPSA) is 74.5 Å². The Balaban J connectivity index is 1.70. The van der Waals surface area contributed by atoms with Crippen LogP contribution < -0.4 is 10.6 Å². The number of furan rings is 1. The minimum absolute atomic E-state index is 0.122. The Bertz CT molecular complexity index is 415. The quantitative estimate of drug-likeness (QED) is 0.749. The van der Waals surface area contributed by atoms with Gasteiger partial charge in [-0.2, -0.15) is 0 Å². The molecule has 0 saturated heterocycles. The minimum Gasteiger partial charge on any atom is -0.467 e. The van der Waals surface area contributed by atoms with Crippen molar-refractivity contribution in [2.45, 2.75) is 57.7 Å². The van der Waals surface area contributed by atoms with Gasteiger partial charge in [0.15, 0.2) is 0 Å². The number of aliphatic hydroxyl groups excluding tert-OH is 1. The van der Waals surface area contributed by atoms with Crippen molar-refractivity contribution in [3.05, 3.63) is 24.2 Å². The highest BCUT2D eigenvalue weighted by atomic mass is 16.4. The first-order valence-electron chi connectivity index (χ1n) is 7.34. The minimum atomic E-state index is -0.690. The molecule has 2 amide bonds. The largest absolute Gasteiger partial charge is 0.467 e. The summed E-state index contributed by atoms with van der Waals surface area (Å²) in [5.74, 6) is 1.15. The van der Waals surface area contributed by atoms with E-state index in [2.05, 4.69) is 10.6 Å². The number of hydrogen-bond donors (Lipinski definition) is 3. The van der Waals surface area contributed by atoms with Crippen LogP contribution in [0.15, 0.2) is 22.8 Å². The molecular weight excluding hydrogens is 256 g/mol. The maximum atomic E-state index is 11.8. The molecule has 20 heavy (non-hydrogen) atoms. The van der Waals surface area contributed by atoms with Crippen molar-refractivity contribution in [1.29, 1.82) is 0 Å². The van der Waals surface area contributed by atoms with Crippen LogP contribution in [0.2, 0.25) is 0 Å². The molecule has 0 bridgehead atoms. The third-order valence-electron chi connectivity index (χ3n) is 4.04. The second kappa shape index (κ2) is 6.79. The smallest absolute Gasteiger partial charge is 0.315 e. The predicted molar refractivity (Wildman–Crippen MR) is 76.2 cm³/mol. The fourth-order valence-corrected chi connectivity index (χ4v) is 2.52. The molecular formula is C15H24N2O3. The summed E-state index contributed by atoms with van der Waals surface area (Å²) < 4.78 is 5.14. The summed E-state index contributed by atoms with van der Waals surface area (Å²) in [6.07, 6.45) is 4.94. The van der Waals surface area contributed by atoms with Gasteiger partial charge < -0.3 is 20.2 Å². The summed E-state index contributed by atoms with van der Waals surface area (Å²) >= 11 is 0. The molecule has 3 atom stereocenters. The summed E-state index contributed by atoms with van der Waals surface area (Å²) in [4.78, 5) is 11.8. The number of nitrogens with one attached hydrogen (secondary N) is 2. The highest BCUT2D eigenvalue weighted by Gasteiger charge is 2.25. The SMILES string of the molecule is CC(CC(O)c1ccco1)NC(=O)NC(C)C1CCC1. The Morgan fingerprint density at radius 1 is 1.45 bits per heavy atom. The number of rotatable bonds is 6. The summed E-state index contributed by atoms with van der Waals surface area (Å²) in [6.45, 7) is 3.92. The highest BCUT2D eigenvalue weighted by Crippen LogP contribution is 2.29. The zero-order valence-electron chi connectivity index (χ0n) is 12.1. The first-order valence-corrected chi connectivity index (χ1v) is 7.34. The zero-order chi connectivity index (χ0) is 14.5. The van der Waals surface area contributed by atoms with Gasteiger partial charge in [0.2, 0.25) is 0 Å². The van der Waals surface area contributed by atoms with Crippen molar-refractivity contribution >= 4 is 6.03 Å². The van der Waals surface area contributed by atoms with Gasteiger partial charge in [0.25, 0.3) is 0 Å². The van der Waals surface area contributed by atoms with Gasteiger partial charge in [-0.3, -0.25) is 0 Å². The number of amides is 2. The average Bonchev–Trinajstić information content (AvgIpc) is 2.78. The van der Waals surface area contributed by atoms with Gasteiger partial charge in [-0.1, -0.05) is 6.42 Å². The van der Waals surface area contributed by atoms with E-state index in [0.29, 0.717) is 18.1 Å². The lowest BCUT2D eigenvalue weighted by molar-refractivity contribution is 0.129. The van der Waals surface area contributed by atoms with Gasteiger partial charge in [0.05, 0.1) is 6.26 Å². The summed E-state index contributed by atoms with van der Waals surface area (Å²) in [7, 11) is 0. The molecule has 1 heterocycles. The maximum Gasteiger partial charge on any atom is 0.315 e. The Labute approximate surface area is 119 Å². The van der Waals surface area contributed by atoms with Crippen molar-refractivity contribution in [1.82, 2.24) is 10.6 Å². The third kappa shape index (κ3) is 4.00. The van der Waals surface area contributed by atoms with Crippen LogP contribution in [0.25, 0.3) is 0 Å². The second-order valence-electron chi connectivity index (χ2n) is 5.77. The normalized spacial score (nSPS) is 19.8. The van der Waals surface area contributed by atoms with E-state index in [0.717, 1.165) is 0 Å². The van der Waals surface area contributed by atoms with E-state index in [1.807, 2.05) is 13.8 Å². The average molecular weight is 280 g/mol. The lowest BCUT2D eigenvalue weighted by Gasteiger charge is -2.32. The molecule has 3 N–H and O–H groups in total. The Kier molecular flexibility index (Phi) is 5.06. The summed E-state index contributed by atoms with van der Waals surface area (Å²) in [6, 6.07) is 3.40. The van der Waals surface area contributed by atoms with Crippen LogP contribution in [0.5, 0.6) is 0 Å². The standard InChI is InChI=1S/C15H24N2O3/c1-10(9-13(18)14-7-4-8-20-14)16-15(19)17-11(2)12-5-3-6-12/h4,7-8,10-13,18H,3,5-6,9H2,1-2H3,(H2,16,17,19). The molecule has 5 nitrogen and oxygen atoms in total. The Morgan fingerprint density at radius 2 is 2.20 bits per heavy atom. The van der Waals surface area contributed by atoms with E-state index in [-0.39, 0.29) is 18.1 Å². The second-order valence-corrected chi connectivity index (χ2v) is 5.77. The molecule has 1 fully saturated rings. The van der Waals surface area contributed by atoms with E-state index in [1.54, 1.807) is 12.1 Å². The van der Waals surface area contributed by atoms with Crippen LogP contribution in [-0.4, -0.2) is 23.2 Å². The zero-order valence-corrected chi connectivity index (χ0v) is 12.1. The van der Waals surface area contributed by atoms with E-state index < -0.39 is 6.10 Å². The van der Waals surface area contributed by atoms with Gasteiger partial charge in [0, 0.05) is 18.5 Å². The van der Waals surface area contributed by atoms with Crippen molar-refractivity contribution in [3.8, 4) is 0 Å². The van der Waals surface area contributed by atoms with Crippen LogP contribution in [0.4, 0.5) is 4.79 Å². The number of carbonyl (C=O) groups excluding carboxylic acids is 1. The number of carbonyl (C=O) groups is 1. The maximum absolute atomic E-state index is 11.8. The molecule has 5 heteroatoms. The molecule has 2 rings (SSSR count). The van der Waals surface area contributed by atoms with Crippen LogP contribution in [-0.2, 0) is 0 Å². The van der Waals surface area contributed by atoms with Crippen LogP contribution in [0.3, 0.4) is 0 Å². The first-order chi connectivity index (χ1) is 9.56. The predicted octanol–water partition coefficient (Wildman–Crippen LogP) is 2.58. The van der Waals surface area contributed by atoms with E-state index in [9.17, 15) is 9.90 Å². The van der Waals surface area contributed by atoms with Crippen LogP contribution in [0.1, 0.15) is 51.4 Å². The van der Waals surface area contributed by atoms with Gasteiger partial charge in [-0.25, -0.2) is 4.79 Å². The van der Waals surface area contributed by atoms with Crippen LogP contribution in [0, 0.1) is 5.92 Å². The Hall–Kier alpha value is -1.49. The van der Waals surface area contributed by atoms with E-state index in [4.69, 9.17) is 4.42 Å². The molecule has 3 unspecified atom stereocenters. The molecule has 112 valence electrons. The van der Waals surface area contributed by atoms with E-state index in [1.165, 1.54) is 25.5 Å². The highest BCUT2D eigenvalue weighted by molar-refractivity contribution is 5.74. The van der Waals surface area contributed by atoms with Gasteiger partial charge in [0.1, 0.15) is 11.9 Å². The number of hydrogen-bond acceptors (Lipinski definition) is 3.